The summed E-state index contributed by atoms with van der Waals surface area (Å²) in [6, 6.07) is 10.3. The van der Waals surface area contributed by atoms with Crippen molar-refractivity contribution in [1.29, 1.82) is 0 Å². The summed E-state index contributed by atoms with van der Waals surface area (Å²) in [5.41, 5.74) is 1.60. The molecule has 0 bridgehead atoms. The van der Waals surface area contributed by atoms with Crippen molar-refractivity contribution in [2.75, 3.05) is 23.7 Å². The first-order valence-corrected chi connectivity index (χ1v) is 10.5. The van der Waals surface area contributed by atoms with Gasteiger partial charge < -0.3 is 16.4 Å². The topological polar surface area (TPSA) is 140 Å². The molecule has 9 nitrogen and oxygen atoms in total. The maximum absolute atomic E-state index is 12.5. The molecule has 0 saturated heterocycles. The predicted octanol–water partition coefficient (Wildman–Crippen LogP) is 2.46. The second-order valence-corrected chi connectivity index (χ2v) is 8.33. The van der Waals surface area contributed by atoms with Gasteiger partial charge in [-0.05, 0) is 30.3 Å². The Hall–Kier alpha value is -3.74. The molecule has 1 amide bonds. The van der Waals surface area contributed by atoms with Gasteiger partial charge >= 0.3 is 5.51 Å². The van der Waals surface area contributed by atoms with Crippen LogP contribution in [0.5, 0.6) is 0 Å². The number of carbonyl (C=O) groups excluding carboxylic acids is 1. The Morgan fingerprint density at radius 1 is 0.969 bits per heavy atom. The number of carbonyl (C=O) groups is 1. The van der Waals surface area contributed by atoms with Gasteiger partial charge in [0, 0.05) is 36.6 Å². The zero-order valence-corrected chi connectivity index (χ0v) is 17.1. The van der Waals surface area contributed by atoms with Crippen LogP contribution in [0.25, 0.3) is 11.3 Å². The van der Waals surface area contributed by atoms with E-state index in [2.05, 4.69) is 25.6 Å². The summed E-state index contributed by atoms with van der Waals surface area (Å²) < 4.78 is 60.3. The Balaban J connectivity index is 1.55. The highest BCUT2D eigenvalue weighted by Crippen LogP contribution is 2.30. The Labute approximate surface area is 180 Å². The van der Waals surface area contributed by atoms with Gasteiger partial charge in [0.05, 0.1) is 10.6 Å². The fourth-order valence-corrected chi connectivity index (χ4v) is 3.26. The van der Waals surface area contributed by atoms with Crippen LogP contribution in [-0.4, -0.2) is 47.9 Å². The Morgan fingerprint density at radius 2 is 1.66 bits per heavy atom. The van der Waals surface area contributed by atoms with Crippen LogP contribution in [-0.2, 0) is 9.84 Å². The lowest BCUT2D eigenvalue weighted by molar-refractivity contribution is -0.0436. The van der Waals surface area contributed by atoms with Gasteiger partial charge in [-0.3, -0.25) is 4.79 Å². The maximum Gasteiger partial charge on any atom is 0.501 e. The van der Waals surface area contributed by atoms with Gasteiger partial charge in [0.1, 0.15) is 5.82 Å². The number of anilines is 2. The van der Waals surface area contributed by atoms with Crippen molar-refractivity contribution in [2.24, 2.45) is 5.73 Å². The summed E-state index contributed by atoms with van der Waals surface area (Å²) in [5.74, 6) is 0.0141. The average molecular weight is 466 g/mol. The number of nitrogens with two attached hydrogens (primary N) is 1. The standard InChI is InChI=1S/C19H17F3N6O3S/c20-19(21,22)32(30,31)14-5-6-16(27-11-14)24-9-10-26-18-25-8-7-15(28-18)12-1-3-13(4-2-12)17(23)29/h1-8,11H,9-10H2,(H2,23,29)(H,24,27)(H,25,26,28). The average Bonchev–Trinajstić information content (AvgIpc) is 2.76. The van der Waals surface area contributed by atoms with E-state index in [9.17, 15) is 26.4 Å². The van der Waals surface area contributed by atoms with Crippen molar-refractivity contribution in [3.63, 3.8) is 0 Å². The summed E-state index contributed by atoms with van der Waals surface area (Å²) in [6.45, 7) is 0.646. The first kappa shape index (κ1) is 22.9. The summed E-state index contributed by atoms with van der Waals surface area (Å²) in [4.78, 5) is 22.4. The number of halogens is 3. The molecular formula is C19H17F3N6O3S. The molecule has 0 fully saturated rings. The monoisotopic (exact) mass is 466 g/mol. The van der Waals surface area contributed by atoms with E-state index in [4.69, 9.17) is 5.73 Å². The lowest BCUT2D eigenvalue weighted by Crippen LogP contribution is -2.23. The Bertz CT molecular complexity index is 1200. The third kappa shape index (κ3) is 5.29. The fraction of sp³-hybridized carbons (Fsp3) is 0.158. The van der Waals surface area contributed by atoms with Crippen molar-refractivity contribution in [1.82, 2.24) is 15.0 Å². The van der Waals surface area contributed by atoms with Crippen LogP contribution in [0.1, 0.15) is 10.4 Å². The summed E-state index contributed by atoms with van der Waals surface area (Å²) in [5, 5.41) is 5.83. The largest absolute Gasteiger partial charge is 0.501 e. The van der Waals surface area contributed by atoms with E-state index in [-0.39, 0.29) is 5.82 Å². The molecule has 0 aliphatic carbocycles. The molecular weight excluding hydrogens is 449 g/mol. The van der Waals surface area contributed by atoms with Crippen LogP contribution in [0.3, 0.4) is 0 Å². The Morgan fingerprint density at radius 3 is 2.25 bits per heavy atom. The summed E-state index contributed by atoms with van der Waals surface area (Å²) in [7, 11) is -5.43. The molecule has 0 aliphatic heterocycles. The minimum absolute atomic E-state index is 0.206. The molecule has 168 valence electrons. The first-order valence-electron chi connectivity index (χ1n) is 9.06. The normalized spacial score (nSPS) is 11.7. The van der Waals surface area contributed by atoms with Gasteiger partial charge in [0.15, 0.2) is 0 Å². The minimum Gasteiger partial charge on any atom is -0.368 e. The summed E-state index contributed by atoms with van der Waals surface area (Å²) >= 11 is 0. The highest BCUT2D eigenvalue weighted by Gasteiger charge is 2.47. The third-order valence-corrected chi connectivity index (χ3v) is 5.66. The number of aromatic nitrogens is 3. The molecule has 2 aromatic heterocycles. The zero-order chi connectivity index (χ0) is 23.4. The molecule has 0 unspecified atom stereocenters. The molecule has 0 spiro atoms. The molecule has 0 radical (unpaired) electrons. The molecule has 0 saturated carbocycles. The number of sulfone groups is 1. The molecule has 13 heteroatoms. The number of hydrogen-bond donors (Lipinski definition) is 3. The van der Waals surface area contributed by atoms with Crippen molar-refractivity contribution in [3.8, 4) is 11.3 Å². The molecule has 3 aromatic rings. The third-order valence-electron chi connectivity index (χ3n) is 4.19. The van der Waals surface area contributed by atoms with Crippen molar-refractivity contribution < 1.29 is 26.4 Å². The molecule has 2 heterocycles. The van der Waals surface area contributed by atoms with Crippen LogP contribution < -0.4 is 16.4 Å². The SMILES string of the molecule is NC(=O)c1ccc(-c2ccnc(NCCNc3ccc(S(=O)(=O)C(F)(F)F)cn3)n2)cc1. The van der Waals surface area contributed by atoms with Gasteiger partial charge in [-0.15, -0.1) is 0 Å². The van der Waals surface area contributed by atoms with E-state index >= 15 is 0 Å². The summed E-state index contributed by atoms with van der Waals surface area (Å²) in [6.07, 6.45) is 2.20. The molecule has 3 rings (SSSR count). The molecule has 1 aromatic carbocycles. The molecule has 0 atom stereocenters. The number of primary amides is 1. The van der Waals surface area contributed by atoms with E-state index in [1.807, 2.05) is 0 Å². The van der Waals surface area contributed by atoms with E-state index in [1.54, 1.807) is 36.5 Å². The van der Waals surface area contributed by atoms with Gasteiger partial charge in [0.2, 0.25) is 11.9 Å². The van der Waals surface area contributed by atoms with E-state index < -0.39 is 26.1 Å². The Kier molecular flexibility index (Phi) is 6.58. The van der Waals surface area contributed by atoms with Gasteiger partial charge in [0.25, 0.3) is 9.84 Å². The van der Waals surface area contributed by atoms with Crippen LogP contribution >= 0.6 is 0 Å². The number of hydrogen-bond acceptors (Lipinski definition) is 8. The minimum atomic E-state index is -5.43. The quantitative estimate of drug-likeness (QED) is 0.430. The highest BCUT2D eigenvalue weighted by atomic mass is 32.2. The second kappa shape index (κ2) is 9.18. The lowest BCUT2D eigenvalue weighted by Gasteiger charge is -2.10. The van der Waals surface area contributed by atoms with Crippen LogP contribution in [0.15, 0.2) is 59.8 Å². The predicted molar refractivity (Wildman–Crippen MR) is 110 cm³/mol. The smallest absolute Gasteiger partial charge is 0.368 e. The van der Waals surface area contributed by atoms with Gasteiger partial charge in [-0.1, -0.05) is 12.1 Å². The molecule has 0 aliphatic rings. The first-order chi connectivity index (χ1) is 15.1. The van der Waals surface area contributed by atoms with E-state index in [0.29, 0.717) is 36.5 Å². The number of pyridine rings is 1. The zero-order valence-electron chi connectivity index (χ0n) is 16.3. The van der Waals surface area contributed by atoms with Crippen molar-refractivity contribution in [3.05, 3.63) is 60.4 Å². The molecule has 32 heavy (non-hydrogen) atoms. The number of nitrogens with one attached hydrogen (secondary N) is 2. The van der Waals surface area contributed by atoms with Crippen LogP contribution in [0.2, 0.25) is 0 Å². The maximum atomic E-state index is 12.5. The van der Waals surface area contributed by atoms with E-state index in [1.165, 1.54) is 0 Å². The highest BCUT2D eigenvalue weighted by molar-refractivity contribution is 7.92. The lowest BCUT2D eigenvalue weighted by atomic mass is 10.1. The van der Waals surface area contributed by atoms with Gasteiger partial charge in [-0.25, -0.2) is 23.4 Å². The molecule has 4 N–H and O–H groups in total. The second-order valence-electron chi connectivity index (χ2n) is 6.39. The van der Waals surface area contributed by atoms with E-state index in [0.717, 1.165) is 17.7 Å². The number of alkyl halides is 3. The number of rotatable bonds is 8. The number of benzene rings is 1. The van der Waals surface area contributed by atoms with Gasteiger partial charge in [-0.2, -0.15) is 13.2 Å². The van der Waals surface area contributed by atoms with Crippen LogP contribution in [0, 0.1) is 0 Å². The van der Waals surface area contributed by atoms with Crippen molar-refractivity contribution in [2.45, 2.75) is 10.4 Å². The fourth-order valence-electron chi connectivity index (χ4n) is 2.55. The number of nitrogens with zero attached hydrogens (tertiary/aromatic N) is 3. The van der Waals surface area contributed by atoms with Crippen molar-refractivity contribution >= 4 is 27.5 Å². The van der Waals surface area contributed by atoms with Crippen LogP contribution in [0.4, 0.5) is 24.9 Å². The number of amides is 1.